The number of benzene rings is 1. The van der Waals surface area contributed by atoms with E-state index < -0.39 is 0 Å². The predicted molar refractivity (Wildman–Crippen MR) is 115 cm³/mol. The number of hydrogen-bond donors (Lipinski definition) is 1. The van der Waals surface area contributed by atoms with Crippen molar-refractivity contribution in [3.63, 3.8) is 0 Å². The Hall–Kier alpha value is -2.80. The first kappa shape index (κ1) is 19.5. The summed E-state index contributed by atoms with van der Waals surface area (Å²) in [6, 6.07) is 9.34. The molecule has 2 aromatic heterocycles. The maximum Gasteiger partial charge on any atom is 0.206 e. The lowest BCUT2D eigenvalue weighted by atomic mass is 9.96. The molecule has 7 heteroatoms. The molecule has 0 bridgehead atoms. The number of hydrogen-bond acceptors (Lipinski definition) is 6. The van der Waals surface area contributed by atoms with Crippen LogP contribution in [0.4, 0.5) is 0 Å². The molecule has 1 N–H and O–H groups in total. The second kappa shape index (κ2) is 9.13. The van der Waals surface area contributed by atoms with Gasteiger partial charge in [0.15, 0.2) is 17.3 Å². The Labute approximate surface area is 173 Å². The molecule has 6 nitrogen and oxygen atoms in total. The molecule has 0 saturated heterocycles. The highest BCUT2D eigenvalue weighted by Gasteiger charge is 2.15. The molecule has 0 radical (unpaired) electrons. The van der Waals surface area contributed by atoms with Crippen LogP contribution in [0.3, 0.4) is 0 Å². The van der Waals surface area contributed by atoms with Crippen LogP contribution in [0.15, 0.2) is 56.5 Å². The number of nitrogens with zero attached hydrogens (tertiary/aromatic N) is 3. The number of ether oxygens (including phenoxy) is 1. The van der Waals surface area contributed by atoms with E-state index in [4.69, 9.17) is 19.2 Å². The molecule has 0 amide bonds. The maximum atomic E-state index is 9.91. The molecule has 1 saturated carbocycles. The van der Waals surface area contributed by atoms with Crippen LogP contribution in [-0.2, 0) is 0 Å². The van der Waals surface area contributed by atoms with Crippen molar-refractivity contribution in [1.29, 1.82) is 0 Å². The minimum atomic E-state index is 0.122. The normalized spacial score (nSPS) is 16.0. The Morgan fingerprint density at radius 3 is 2.90 bits per heavy atom. The SMILES string of the molecule is CCOc1cc(C=Nn2c(-c3ccco3)csc2=NC2CCCCC2)ccc1O. The molecule has 1 aliphatic rings. The smallest absolute Gasteiger partial charge is 0.206 e. The summed E-state index contributed by atoms with van der Waals surface area (Å²) < 4.78 is 12.9. The van der Waals surface area contributed by atoms with E-state index in [1.165, 1.54) is 19.3 Å². The molecule has 0 spiro atoms. The van der Waals surface area contributed by atoms with Crippen LogP contribution in [0.5, 0.6) is 11.5 Å². The maximum absolute atomic E-state index is 9.91. The fraction of sp³-hybridized carbons (Fsp3) is 0.364. The summed E-state index contributed by atoms with van der Waals surface area (Å²) in [4.78, 5) is 5.85. The molecule has 1 fully saturated rings. The fourth-order valence-corrected chi connectivity index (χ4v) is 4.36. The molecule has 29 heavy (non-hydrogen) atoms. The lowest BCUT2D eigenvalue weighted by molar-refractivity contribution is 0.318. The second-order valence-corrected chi connectivity index (χ2v) is 7.85. The first-order chi connectivity index (χ1) is 14.2. The Morgan fingerprint density at radius 2 is 2.14 bits per heavy atom. The molecule has 2 heterocycles. The number of phenols is 1. The average Bonchev–Trinajstić information content (AvgIpc) is 3.39. The quantitative estimate of drug-likeness (QED) is 0.578. The number of phenolic OH excluding ortho intramolecular Hbond substituents is 1. The topological polar surface area (TPSA) is 72.2 Å². The van der Waals surface area contributed by atoms with Crippen molar-refractivity contribution in [2.75, 3.05) is 6.61 Å². The fourth-order valence-electron chi connectivity index (χ4n) is 3.47. The molecule has 152 valence electrons. The molecule has 1 aromatic carbocycles. The number of aromatic hydroxyl groups is 1. The Morgan fingerprint density at radius 1 is 1.28 bits per heavy atom. The van der Waals surface area contributed by atoms with Crippen molar-refractivity contribution in [2.24, 2.45) is 10.1 Å². The molecular weight excluding hydrogens is 386 g/mol. The van der Waals surface area contributed by atoms with Crippen LogP contribution >= 0.6 is 11.3 Å². The number of furan rings is 1. The number of rotatable bonds is 6. The predicted octanol–water partition coefficient (Wildman–Crippen LogP) is 5.03. The summed E-state index contributed by atoms with van der Waals surface area (Å²) in [7, 11) is 0. The van der Waals surface area contributed by atoms with E-state index in [9.17, 15) is 5.11 Å². The van der Waals surface area contributed by atoms with Gasteiger partial charge in [-0.25, -0.2) is 4.68 Å². The molecule has 0 aliphatic heterocycles. The second-order valence-electron chi connectivity index (χ2n) is 7.02. The molecule has 0 atom stereocenters. The van der Waals surface area contributed by atoms with Gasteiger partial charge in [-0.2, -0.15) is 5.10 Å². The first-order valence-corrected chi connectivity index (χ1v) is 10.9. The zero-order chi connectivity index (χ0) is 20.1. The average molecular weight is 412 g/mol. The number of aromatic nitrogens is 1. The van der Waals surface area contributed by atoms with Crippen LogP contribution in [-0.4, -0.2) is 28.6 Å². The highest BCUT2D eigenvalue weighted by Crippen LogP contribution is 2.26. The summed E-state index contributed by atoms with van der Waals surface area (Å²) in [6.07, 6.45) is 9.45. The summed E-state index contributed by atoms with van der Waals surface area (Å²) >= 11 is 1.57. The third-order valence-corrected chi connectivity index (χ3v) is 5.76. The first-order valence-electron chi connectivity index (χ1n) is 10.0. The Balaban J connectivity index is 1.71. The van der Waals surface area contributed by atoms with E-state index >= 15 is 0 Å². The van der Waals surface area contributed by atoms with Gasteiger partial charge in [-0.05, 0) is 55.7 Å². The molecule has 4 rings (SSSR count). The summed E-state index contributed by atoms with van der Waals surface area (Å²) in [6.45, 7) is 2.37. The molecule has 3 aromatic rings. The van der Waals surface area contributed by atoms with Crippen molar-refractivity contribution in [2.45, 2.75) is 45.1 Å². The van der Waals surface area contributed by atoms with Gasteiger partial charge in [0, 0.05) is 5.38 Å². The van der Waals surface area contributed by atoms with Gasteiger partial charge in [0.05, 0.1) is 25.1 Å². The van der Waals surface area contributed by atoms with E-state index in [1.54, 1.807) is 42.0 Å². The monoisotopic (exact) mass is 411 g/mol. The van der Waals surface area contributed by atoms with Crippen molar-refractivity contribution in [3.05, 3.63) is 52.3 Å². The van der Waals surface area contributed by atoms with Gasteiger partial charge in [-0.3, -0.25) is 4.99 Å². The van der Waals surface area contributed by atoms with Crippen molar-refractivity contribution in [3.8, 4) is 23.0 Å². The van der Waals surface area contributed by atoms with E-state index in [0.29, 0.717) is 18.4 Å². The summed E-state index contributed by atoms with van der Waals surface area (Å²) in [5, 5.41) is 16.6. The van der Waals surface area contributed by atoms with Gasteiger partial charge in [0.1, 0.15) is 5.69 Å². The zero-order valence-electron chi connectivity index (χ0n) is 16.5. The summed E-state index contributed by atoms with van der Waals surface area (Å²) in [5.74, 6) is 1.32. The minimum Gasteiger partial charge on any atom is -0.504 e. The van der Waals surface area contributed by atoms with Crippen LogP contribution in [0.2, 0.25) is 0 Å². The standard InChI is InChI=1S/C22H25N3O3S/c1-2-27-21-13-16(10-11-19(21)26)14-23-25-18(20-9-6-12-28-20)15-29-22(25)24-17-7-4-3-5-8-17/h6,9-15,17,26H,2-5,7-8H2,1H3. The van der Waals surface area contributed by atoms with Crippen molar-refractivity contribution < 1.29 is 14.3 Å². The molecule has 1 aliphatic carbocycles. The van der Waals surface area contributed by atoms with Crippen molar-refractivity contribution >= 4 is 17.6 Å². The van der Waals surface area contributed by atoms with Gasteiger partial charge < -0.3 is 14.3 Å². The lowest BCUT2D eigenvalue weighted by Crippen LogP contribution is -2.18. The minimum absolute atomic E-state index is 0.122. The van der Waals surface area contributed by atoms with Gasteiger partial charge in [0.25, 0.3) is 0 Å². The van der Waals surface area contributed by atoms with Crippen LogP contribution in [0.25, 0.3) is 11.5 Å². The van der Waals surface area contributed by atoms with Gasteiger partial charge in [0.2, 0.25) is 4.80 Å². The zero-order valence-corrected chi connectivity index (χ0v) is 17.3. The van der Waals surface area contributed by atoms with Crippen LogP contribution in [0, 0.1) is 0 Å². The highest BCUT2D eigenvalue weighted by atomic mass is 32.1. The molecule has 0 unspecified atom stereocenters. The highest BCUT2D eigenvalue weighted by molar-refractivity contribution is 7.07. The van der Waals surface area contributed by atoms with E-state index in [1.807, 2.05) is 29.1 Å². The molecular formula is C22H25N3O3S. The van der Waals surface area contributed by atoms with Gasteiger partial charge in [-0.1, -0.05) is 19.3 Å². The van der Waals surface area contributed by atoms with E-state index in [-0.39, 0.29) is 5.75 Å². The Kier molecular flexibility index (Phi) is 6.14. The van der Waals surface area contributed by atoms with E-state index in [2.05, 4.69) is 0 Å². The largest absolute Gasteiger partial charge is 0.504 e. The van der Waals surface area contributed by atoms with Crippen LogP contribution < -0.4 is 9.54 Å². The third kappa shape index (κ3) is 4.62. The van der Waals surface area contributed by atoms with Gasteiger partial charge >= 0.3 is 0 Å². The third-order valence-electron chi connectivity index (χ3n) is 4.93. The number of thiazole rings is 1. The van der Waals surface area contributed by atoms with Crippen molar-refractivity contribution in [1.82, 2.24) is 4.68 Å². The Bertz CT molecular complexity index is 1030. The van der Waals surface area contributed by atoms with E-state index in [0.717, 1.165) is 34.7 Å². The lowest BCUT2D eigenvalue weighted by Gasteiger charge is -2.16. The van der Waals surface area contributed by atoms with Crippen LogP contribution in [0.1, 0.15) is 44.6 Å². The summed E-state index contributed by atoms with van der Waals surface area (Å²) in [5.41, 5.74) is 1.70. The van der Waals surface area contributed by atoms with Gasteiger partial charge in [-0.15, -0.1) is 11.3 Å².